The normalized spacial score (nSPS) is 12.2. The molecule has 12 rings (SSSR count). The molecule has 0 saturated carbocycles. The molecule has 0 unspecified atom stereocenters. The molecule has 0 radical (unpaired) electrons. The van der Waals surface area contributed by atoms with Crippen LogP contribution in [0, 0.1) is 0 Å². The third-order valence-electron chi connectivity index (χ3n) is 11.7. The van der Waals surface area contributed by atoms with Crippen molar-refractivity contribution in [1.29, 1.82) is 0 Å². The van der Waals surface area contributed by atoms with Crippen molar-refractivity contribution < 1.29 is 0 Å². The SMILES string of the molecule is c1ccc(-c2nc3cccc4c3n2-c2ccccc2N4c2ccc3c(-c4cccc5ccccc45)c4ccccc4c(-c4cccc5ccccc45)c3c2)cc1. The van der Waals surface area contributed by atoms with Crippen molar-refractivity contribution in [2.45, 2.75) is 0 Å². The number of anilines is 3. The van der Waals surface area contributed by atoms with Crippen LogP contribution in [0.5, 0.6) is 0 Å². The highest BCUT2D eigenvalue weighted by molar-refractivity contribution is 6.26. The Morgan fingerprint density at radius 3 is 1.57 bits per heavy atom. The second-order valence-electron chi connectivity index (χ2n) is 14.7. The van der Waals surface area contributed by atoms with Gasteiger partial charge in [-0.15, -0.1) is 0 Å². The zero-order chi connectivity index (χ0) is 36.7. The summed E-state index contributed by atoms with van der Waals surface area (Å²) in [7, 11) is 0. The highest BCUT2D eigenvalue weighted by Gasteiger charge is 2.30. The highest BCUT2D eigenvalue weighted by Crippen LogP contribution is 2.51. The van der Waals surface area contributed by atoms with Crippen molar-refractivity contribution in [2.24, 2.45) is 0 Å². The largest absolute Gasteiger partial charge is 0.306 e. The van der Waals surface area contributed by atoms with E-state index in [2.05, 4.69) is 210 Å². The molecule has 0 bridgehead atoms. The number of hydrogen-bond acceptors (Lipinski definition) is 2. The molecular formula is C53H33N3. The summed E-state index contributed by atoms with van der Waals surface area (Å²) in [5.74, 6) is 0.947. The molecule has 1 aliphatic heterocycles. The third-order valence-corrected chi connectivity index (χ3v) is 11.7. The fourth-order valence-corrected chi connectivity index (χ4v) is 9.33. The quantitative estimate of drug-likeness (QED) is 0.170. The summed E-state index contributed by atoms with van der Waals surface area (Å²) < 4.78 is 2.35. The van der Waals surface area contributed by atoms with Crippen molar-refractivity contribution in [1.82, 2.24) is 9.55 Å². The highest BCUT2D eigenvalue weighted by atomic mass is 15.2. The van der Waals surface area contributed by atoms with E-state index in [0.29, 0.717) is 0 Å². The van der Waals surface area contributed by atoms with Gasteiger partial charge in [0.2, 0.25) is 0 Å². The zero-order valence-corrected chi connectivity index (χ0v) is 30.4. The Balaban J connectivity index is 1.21. The average molecular weight is 712 g/mol. The molecule has 0 N–H and O–H groups in total. The van der Waals surface area contributed by atoms with Crippen LogP contribution in [0.2, 0.25) is 0 Å². The summed E-state index contributed by atoms with van der Waals surface area (Å²) >= 11 is 0. The molecule has 0 amide bonds. The van der Waals surface area contributed by atoms with Crippen molar-refractivity contribution in [3.63, 3.8) is 0 Å². The van der Waals surface area contributed by atoms with Gasteiger partial charge in [0.1, 0.15) is 5.82 Å². The number of para-hydroxylation sites is 3. The second kappa shape index (κ2) is 12.0. The maximum absolute atomic E-state index is 5.25. The number of hydrogen-bond donors (Lipinski definition) is 0. The molecule has 0 saturated heterocycles. The molecular weight excluding hydrogens is 679 g/mol. The van der Waals surface area contributed by atoms with Crippen LogP contribution >= 0.6 is 0 Å². The van der Waals surface area contributed by atoms with Gasteiger partial charge in [0, 0.05) is 11.3 Å². The van der Waals surface area contributed by atoms with Gasteiger partial charge < -0.3 is 4.90 Å². The lowest BCUT2D eigenvalue weighted by Gasteiger charge is -2.33. The minimum Gasteiger partial charge on any atom is -0.306 e. The van der Waals surface area contributed by atoms with E-state index in [1.807, 2.05) is 0 Å². The Hall–Kier alpha value is -7.49. The van der Waals surface area contributed by atoms with E-state index in [4.69, 9.17) is 4.98 Å². The van der Waals surface area contributed by atoms with Gasteiger partial charge in [0.25, 0.3) is 0 Å². The van der Waals surface area contributed by atoms with Crippen LogP contribution in [-0.4, -0.2) is 9.55 Å². The minimum absolute atomic E-state index is 0.947. The number of nitrogens with zero attached hydrogens (tertiary/aromatic N) is 3. The summed E-state index contributed by atoms with van der Waals surface area (Å²) in [6.07, 6.45) is 0. The van der Waals surface area contributed by atoms with Gasteiger partial charge in [-0.3, -0.25) is 4.57 Å². The Labute approximate surface area is 324 Å². The van der Waals surface area contributed by atoms with E-state index in [-0.39, 0.29) is 0 Å². The lowest BCUT2D eigenvalue weighted by atomic mass is 9.83. The smallest absolute Gasteiger partial charge is 0.145 e. The first kappa shape index (κ1) is 30.9. The van der Waals surface area contributed by atoms with E-state index < -0.39 is 0 Å². The van der Waals surface area contributed by atoms with E-state index in [0.717, 1.165) is 45.2 Å². The van der Waals surface area contributed by atoms with Crippen LogP contribution in [0.15, 0.2) is 200 Å². The molecule has 3 heteroatoms. The van der Waals surface area contributed by atoms with Crippen molar-refractivity contribution in [3.8, 4) is 39.3 Å². The lowest BCUT2D eigenvalue weighted by Crippen LogP contribution is -2.18. The van der Waals surface area contributed by atoms with E-state index in [9.17, 15) is 0 Å². The van der Waals surface area contributed by atoms with Gasteiger partial charge >= 0.3 is 0 Å². The molecule has 10 aromatic carbocycles. The summed E-state index contributed by atoms with van der Waals surface area (Å²) in [5, 5.41) is 9.90. The minimum atomic E-state index is 0.947. The Kier molecular flexibility index (Phi) is 6.63. The molecule has 1 aliphatic rings. The van der Waals surface area contributed by atoms with Gasteiger partial charge in [-0.1, -0.05) is 164 Å². The average Bonchev–Trinajstić information content (AvgIpc) is 3.67. The Bertz CT molecular complexity index is 3370. The van der Waals surface area contributed by atoms with Crippen LogP contribution in [0.1, 0.15) is 0 Å². The van der Waals surface area contributed by atoms with Gasteiger partial charge in [-0.2, -0.15) is 0 Å². The van der Waals surface area contributed by atoms with Crippen molar-refractivity contribution in [2.75, 3.05) is 4.90 Å². The van der Waals surface area contributed by atoms with E-state index in [1.165, 1.54) is 65.3 Å². The molecule has 2 heterocycles. The summed E-state index contributed by atoms with van der Waals surface area (Å²) in [5.41, 5.74) is 12.6. The topological polar surface area (TPSA) is 21.1 Å². The molecule has 260 valence electrons. The first-order valence-corrected chi connectivity index (χ1v) is 19.2. The number of fused-ring (bicyclic) bond motifs is 6. The number of imidazole rings is 1. The van der Waals surface area contributed by atoms with Crippen LogP contribution in [0.25, 0.3) is 93.5 Å². The summed E-state index contributed by atoms with van der Waals surface area (Å²) in [4.78, 5) is 7.69. The fraction of sp³-hybridized carbons (Fsp3) is 0. The predicted octanol–water partition coefficient (Wildman–Crippen LogP) is 14.4. The lowest BCUT2D eigenvalue weighted by molar-refractivity contribution is 1.06. The van der Waals surface area contributed by atoms with Crippen LogP contribution in [0.3, 0.4) is 0 Å². The maximum Gasteiger partial charge on any atom is 0.145 e. The molecule has 0 spiro atoms. The van der Waals surface area contributed by atoms with Gasteiger partial charge in [-0.25, -0.2) is 4.98 Å². The van der Waals surface area contributed by atoms with Crippen LogP contribution in [-0.2, 0) is 0 Å². The van der Waals surface area contributed by atoms with Gasteiger partial charge in [-0.05, 0) is 102 Å². The molecule has 0 aliphatic carbocycles. The van der Waals surface area contributed by atoms with E-state index >= 15 is 0 Å². The number of benzene rings is 10. The van der Waals surface area contributed by atoms with Gasteiger partial charge in [0.05, 0.1) is 28.1 Å². The zero-order valence-electron chi connectivity index (χ0n) is 30.4. The number of rotatable bonds is 4. The monoisotopic (exact) mass is 711 g/mol. The Morgan fingerprint density at radius 2 is 0.875 bits per heavy atom. The molecule has 0 atom stereocenters. The van der Waals surface area contributed by atoms with Crippen LogP contribution in [0.4, 0.5) is 17.1 Å². The first-order valence-electron chi connectivity index (χ1n) is 19.2. The predicted molar refractivity (Wildman–Crippen MR) is 236 cm³/mol. The first-order chi connectivity index (χ1) is 27.8. The molecule has 56 heavy (non-hydrogen) atoms. The summed E-state index contributed by atoms with van der Waals surface area (Å²) in [6.45, 7) is 0. The fourth-order valence-electron chi connectivity index (χ4n) is 9.33. The van der Waals surface area contributed by atoms with Crippen molar-refractivity contribution >= 4 is 71.2 Å². The third kappa shape index (κ3) is 4.43. The molecule has 1 aromatic heterocycles. The Morgan fingerprint density at radius 1 is 0.357 bits per heavy atom. The number of aromatic nitrogens is 2. The van der Waals surface area contributed by atoms with Crippen molar-refractivity contribution in [3.05, 3.63) is 200 Å². The second-order valence-corrected chi connectivity index (χ2v) is 14.7. The standard InChI is InChI=1S/C53H33N3/c1-2-17-36(18-3-1)53-54-46-27-14-30-49-52(46)56(53)48-29-11-10-28-47(48)55(49)37-31-32-44-45(33-37)51(41-26-13-20-35-16-5-7-22-39(35)41)43-24-9-8-23-42(43)50(44)40-25-12-19-34-15-4-6-21-38(34)40/h1-33H. The maximum atomic E-state index is 5.25. The molecule has 11 aromatic rings. The van der Waals surface area contributed by atoms with Gasteiger partial charge in [0.15, 0.2) is 0 Å². The molecule has 3 nitrogen and oxygen atoms in total. The molecule has 0 fully saturated rings. The van der Waals surface area contributed by atoms with Crippen LogP contribution < -0.4 is 4.90 Å². The summed E-state index contributed by atoms with van der Waals surface area (Å²) in [6, 6.07) is 72.9. The van der Waals surface area contributed by atoms with E-state index in [1.54, 1.807) is 0 Å².